The second kappa shape index (κ2) is 6.72. The fourth-order valence-corrected chi connectivity index (χ4v) is 6.33. The summed E-state index contributed by atoms with van der Waals surface area (Å²) in [5, 5.41) is 3.14. The molecule has 0 spiro atoms. The van der Waals surface area contributed by atoms with Gasteiger partial charge in [0.1, 0.15) is 11.4 Å². The number of hydrogen-bond acceptors (Lipinski definition) is 3. The highest BCUT2D eigenvalue weighted by atomic mass is 16.6. The Balaban J connectivity index is 1.65. The van der Waals surface area contributed by atoms with Crippen LogP contribution in [0.5, 0.6) is 5.75 Å². The Morgan fingerprint density at radius 1 is 1.11 bits per heavy atom. The smallest absolute Gasteiger partial charge is 0.407 e. The molecule has 148 valence electrons. The molecule has 4 aliphatic carbocycles. The first kappa shape index (κ1) is 18.6. The van der Waals surface area contributed by atoms with E-state index in [1.54, 1.807) is 7.11 Å². The molecule has 0 unspecified atom stereocenters. The van der Waals surface area contributed by atoms with Crippen molar-refractivity contribution >= 4 is 6.09 Å². The van der Waals surface area contributed by atoms with Crippen LogP contribution in [0.1, 0.15) is 58.4 Å². The van der Waals surface area contributed by atoms with Gasteiger partial charge in [-0.05, 0) is 94.2 Å². The maximum Gasteiger partial charge on any atom is 0.407 e. The van der Waals surface area contributed by atoms with Crippen LogP contribution in [0.15, 0.2) is 24.3 Å². The molecule has 4 heteroatoms. The molecule has 4 saturated carbocycles. The van der Waals surface area contributed by atoms with Crippen LogP contribution in [0.4, 0.5) is 4.79 Å². The van der Waals surface area contributed by atoms with E-state index in [4.69, 9.17) is 9.47 Å². The van der Waals surface area contributed by atoms with Gasteiger partial charge in [0.25, 0.3) is 0 Å². The molecular formula is C23H33NO3. The van der Waals surface area contributed by atoms with Gasteiger partial charge in [-0.3, -0.25) is 0 Å². The van der Waals surface area contributed by atoms with Crippen molar-refractivity contribution in [3.05, 3.63) is 29.8 Å². The van der Waals surface area contributed by atoms with Gasteiger partial charge in [0.2, 0.25) is 0 Å². The van der Waals surface area contributed by atoms with Gasteiger partial charge in [0.15, 0.2) is 0 Å². The summed E-state index contributed by atoms with van der Waals surface area (Å²) in [5.41, 5.74) is 0.850. The van der Waals surface area contributed by atoms with E-state index in [0.717, 1.165) is 17.6 Å². The lowest BCUT2D eigenvalue weighted by molar-refractivity contribution is -0.0607. The zero-order valence-electron chi connectivity index (χ0n) is 17.1. The summed E-state index contributed by atoms with van der Waals surface area (Å²) in [4.78, 5) is 12.4. The van der Waals surface area contributed by atoms with Crippen molar-refractivity contribution in [2.45, 2.75) is 63.9 Å². The molecule has 4 fully saturated rings. The van der Waals surface area contributed by atoms with Crippen LogP contribution < -0.4 is 10.1 Å². The van der Waals surface area contributed by atoms with Gasteiger partial charge >= 0.3 is 6.09 Å². The van der Waals surface area contributed by atoms with Gasteiger partial charge in [-0.15, -0.1) is 0 Å². The maximum atomic E-state index is 12.4. The molecule has 0 radical (unpaired) electrons. The normalized spacial score (nSPS) is 34.4. The molecule has 4 aliphatic rings. The van der Waals surface area contributed by atoms with Crippen molar-refractivity contribution in [1.82, 2.24) is 5.32 Å². The fourth-order valence-electron chi connectivity index (χ4n) is 6.33. The number of ether oxygens (including phenoxy) is 2. The summed E-state index contributed by atoms with van der Waals surface area (Å²) in [6, 6.07) is 8.53. The van der Waals surface area contributed by atoms with E-state index < -0.39 is 5.60 Å². The quantitative estimate of drug-likeness (QED) is 0.818. The zero-order chi connectivity index (χ0) is 19.2. The van der Waals surface area contributed by atoms with Crippen molar-refractivity contribution in [3.8, 4) is 5.75 Å². The van der Waals surface area contributed by atoms with Crippen LogP contribution in [-0.4, -0.2) is 25.3 Å². The van der Waals surface area contributed by atoms with Gasteiger partial charge in [-0.25, -0.2) is 4.79 Å². The lowest BCUT2D eigenvalue weighted by atomic mass is 9.43. The van der Waals surface area contributed by atoms with Crippen LogP contribution in [0.3, 0.4) is 0 Å². The Bertz CT molecular complexity index is 678. The fraction of sp³-hybridized carbons (Fsp3) is 0.696. The van der Waals surface area contributed by atoms with E-state index >= 15 is 0 Å². The molecular weight excluding hydrogens is 338 g/mol. The van der Waals surface area contributed by atoms with Crippen LogP contribution in [0.25, 0.3) is 0 Å². The Hall–Kier alpha value is -1.71. The Morgan fingerprint density at radius 3 is 2.30 bits per heavy atom. The minimum Gasteiger partial charge on any atom is -0.497 e. The number of alkyl carbamates (subject to hydrolysis) is 1. The molecule has 1 N–H and O–H groups in total. The predicted molar refractivity (Wildman–Crippen MR) is 106 cm³/mol. The van der Waals surface area contributed by atoms with E-state index in [-0.39, 0.29) is 11.5 Å². The predicted octanol–water partition coefficient (Wildman–Crippen LogP) is 4.91. The van der Waals surface area contributed by atoms with Gasteiger partial charge in [-0.2, -0.15) is 0 Å². The molecule has 27 heavy (non-hydrogen) atoms. The molecule has 4 nitrogen and oxygen atoms in total. The second-order valence-electron chi connectivity index (χ2n) is 9.93. The summed E-state index contributed by atoms with van der Waals surface area (Å²) < 4.78 is 11.1. The third-order valence-corrected chi connectivity index (χ3v) is 7.13. The molecule has 5 rings (SSSR count). The number of nitrogens with one attached hydrogen (secondary N) is 1. The van der Waals surface area contributed by atoms with Crippen molar-refractivity contribution < 1.29 is 14.3 Å². The van der Waals surface area contributed by atoms with Crippen LogP contribution in [0.2, 0.25) is 0 Å². The van der Waals surface area contributed by atoms with Gasteiger partial charge in [-0.1, -0.05) is 12.1 Å². The number of rotatable bonds is 4. The number of carbonyl (C=O) groups excluding carboxylic acids is 1. The van der Waals surface area contributed by atoms with Crippen LogP contribution in [0, 0.1) is 23.7 Å². The number of carbonyl (C=O) groups is 1. The monoisotopic (exact) mass is 371 g/mol. The first-order chi connectivity index (χ1) is 12.8. The molecule has 1 aromatic carbocycles. The highest BCUT2D eigenvalue weighted by Gasteiger charge is 2.57. The van der Waals surface area contributed by atoms with Crippen LogP contribution >= 0.6 is 0 Å². The topological polar surface area (TPSA) is 47.6 Å². The number of methoxy groups -OCH3 is 1. The lowest BCUT2D eigenvalue weighted by Gasteiger charge is -2.61. The van der Waals surface area contributed by atoms with Gasteiger partial charge in [0, 0.05) is 12.0 Å². The molecule has 1 amide bonds. The number of amides is 1. The van der Waals surface area contributed by atoms with E-state index in [1.807, 2.05) is 26.8 Å². The first-order valence-electron chi connectivity index (χ1n) is 10.4. The maximum absolute atomic E-state index is 12.4. The van der Waals surface area contributed by atoms with Crippen molar-refractivity contribution in [3.63, 3.8) is 0 Å². The molecule has 1 aromatic rings. The summed E-state index contributed by atoms with van der Waals surface area (Å²) in [6.45, 7) is 6.39. The molecule has 0 saturated heterocycles. The SMILES string of the molecule is COc1cccc(C2(CNC(=O)OC(C)(C)C)C3CC4CC(C3)CC2C4)c1. The van der Waals surface area contributed by atoms with Crippen LogP contribution in [-0.2, 0) is 10.2 Å². The van der Waals surface area contributed by atoms with Crippen molar-refractivity contribution in [2.24, 2.45) is 23.7 Å². The van der Waals surface area contributed by atoms with E-state index in [0.29, 0.717) is 18.4 Å². The largest absolute Gasteiger partial charge is 0.497 e. The standard InChI is InChI=1S/C23H33NO3/c1-22(2,3)27-21(25)24-14-23(17-6-5-7-20(13-17)26-4)18-9-15-8-16(11-18)12-19(23)10-15/h5-7,13,15-16,18-19H,8-12,14H2,1-4H3,(H,24,25). The molecule has 0 aromatic heterocycles. The van der Waals surface area contributed by atoms with Crippen molar-refractivity contribution in [1.29, 1.82) is 0 Å². The Morgan fingerprint density at radius 2 is 1.74 bits per heavy atom. The Labute approximate surface area is 163 Å². The van der Waals surface area contributed by atoms with E-state index in [9.17, 15) is 4.79 Å². The van der Waals surface area contributed by atoms with E-state index in [1.165, 1.54) is 37.7 Å². The molecule has 0 atom stereocenters. The van der Waals surface area contributed by atoms with Gasteiger partial charge in [0.05, 0.1) is 7.11 Å². The third-order valence-electron chi connectivity index (χ3n) is 7.13. The molecule has 0 aliphatic heterocycles. The average Bonchev–Trinajstić information content (AvgIpc) is 2.59. The zero-order valence-corrected chi connectivity index (χ0v) is 17.1. The summed E-state index contributed by atoms with van der Waals surface area (Å²) in [6.07, 6.45) is 6.28. The Kier molecular flexibility index (Phi) is 4.64. The minimum atomic E-state index is -0.475. The summed E-state index contributed by atoms with van der Waals surface area (Å²) >= 11 is 0. The third kappa shape index (κ3) is 3.43. The summed E-state index contributed by atoms with van der Waals surface area (Å²) in [7, 11) is 1.72. The summed E-state index contributed by atoms with van der Waals surface area (Å²) in [5.74, 6) is 3.94. The molecule has 0 heterocycles. The minimum absolute atomic E-state index is 0.00113. The highest BCUT2D eigenvalue weighted by Crippen LogP contribution is 2.62. The van der Waals surface area contributed by atoms with E-state index in [2.05, 4.69) is 23.5 Å². The highest BCUT2D eigenvalue weighted by molar-refractivity contribution is 5.68. The molecule has 4 bridgehead atoms. The lowest BCUT2D eigenvalue weighted by Crippen LogP contribution is -2.60. The number of hydrogen-bond donors (Lipinski definition) is 1. The van der Waals surface area contributed by atoms with Gasteiger partial charge < -0.3 is 14.8 Å². The van der Waals surface area contributed by atoms with Crippen molar-refractivity contribution in [2.75, 3.05) is 13.7 Å². The average molecular weight is 372 g/mol. The number of benzene rings is 1. The second-order valence-corrected chi connectivity index (χ2v) is 9.93. The first-order valence-corrected chi connectivity index (χ1v) is 10.4.